The van der Waals surface area contributed by atoms with Crippen LogP contribution >= 0.6 is 0 Å². The van der Waals surface area contributed by atoms with Gasteiger partial charge in [-0.25, -0.2) is 13.4 Å². The largest absolute Gasteiger partial charge is 0.352 e. The van der Waals surface area contributed by atoms with Crippen LogP contribution in [0.2, 0.25) is 0 Å². The van der Waals surface area contributed by atoms with Gasteiger partial charge in [0, 0.05) is 38.8 Å². The minimum absolute atomic E-state index is 0.0143. The van der Waals surface area contributed by atoms with Gasteiger partial charge in [-0.1, -0.05) is 30.3 Å². The third kappa shape index (κ3) is 3.96. The van der Waals surface area contributed by atoms with E-state index in [0.717, 1.165) is 5.56 Å². The summed E-state index contributed by atoms with van der Waals surface area (Å²) in [6.07, 6.45) is 2.57. The van der Waals surface area contributed by atoms with E-state index in [1.54, 1.807) is 18.5 Å². The highest BCUT2D eigenvalue weighted by Gasteiger charge is 2.33. The Bertz CT molecular complexity index is 850. The summed E-state index contributed by atoms with van der Waals surface area (Å²) in [5.41, 5.74) is 1.05. The molecule has 0 atom stereocenters. The van der Waals surface area contributed by atoms with Crippen molar-refractivity contribution in [3.05, 3.63) is 47.9 Å². The molecular formula is C18H24N4O3S. The second-order valence-corrected chi connectivity index (χ2v) is 8.50. The molecule has 1 aromatic carbocycles. The fourth-order valence-corrected chi connectivity index (χ4v) is 4.57. The van der Waals surface area contributed by atoms with Gasteiger partial charge in [0.1, 0.15) is 5.82 Å². The quantitative estimate of drug-likeness (QED) is 0.856. The number of hydrogen-bond donors (Lipinski definition) is 1. The van der Waals surface area contributed by atoms with E-state index in [2.05, 4.69) is 10.3 Å². The summed E-state index contributed by atoms with van der Waals surface area (Å²) in [6.45, 7) is 2.93. The summed E-state index contributed by atoms with van der Waals surface area (Å²) in [5.74, 6) is 0.481. The number of carbonyl (C=O) groups is 1. The monoisotopic (exact) mass is 376 g/mol. The van der Waals surface area contributed by atoms with Crippen LogP contribution in [0.3, 0.4) is 0 Å². The summed E-state index contributed by atoms with van der Waals surface area (Å²) in [5, 5.41) is 3.02. The highest BCUT2D eigenvalue weighted by atomic mass is 32.2. The molecule has 0 bridgehead atoms. The first-order valence-corrected chi connectivity index (χ1v) is 10.1. The van der Waals surface area contributed by atoms with Crippen LogP contribution < -0.4 is 5.32 Å². The third-order valence-electron chi connectivity index (χ3n) is 4.83. The Morgan fingerprint density at radius 1 is 1.23 bits per heavy atom. The van der Waals surface area contributed by atoms with Crippen molar-refractivity contribution in [2.24, 2.45) is 13.0 Å². The van der Waals surface area contributed by atoms with E-state index in [0.29, 0.717) is 38.3 Å². The highest BCUT2D eigenvalue weighted by Crippen LogP contribution is 2.23. The number of hydrogen-bond acceptors (Lipinski definition) is 4. The number of aromatic nitrogens is 2. The van der Waals surface area contributed by atoms with E-state index in [1.165, 1.54) is 10.5 Å². The van der Waals surface area contributed by atoms with Gasteiger partial charge < -0.3 is 9.88 Å². The lowest BCUT2D eigenvalue weighted by atomic mass is 9.97. The number of piperidine rings is 1. The summed E-state index contributed by atoms with van der Waals surface area (Å²) < 4.78 is 28.5. The van der Waals surface area contributed by atoms with Crippen molar-refractivity contribution in [3.63, 3.8) is 0 Å². The van der Waals surface area contributed by atoms with E-state index in [4.69, 9.17) is 0 Å². The SMILES string of the molecule is Cc1nc(S(=O)(=O)N2CCC(C(=O)NCc3ccccc3)CC2)cn1C. The van der Waals surface area contributed by atoms with Crippen LogP contribution in [0, 0.1) is 12.8 Å². The van der Waals surface area contributed by atoms with Crippen LogP contribution in [0.5, 0.6) is 0 Å². The van der Waals surface area contributed by atoms with Gasteiger partial charge >= 0.3 is 0 Å². The summed E-state index contributed by atoms with van der Waals surface area (Å²) in [7, 11) is -1.83. The number of amides is 1. The van der Waals surface area contributed by atoms with Crippen molar-refractivity contribution in [3.8, 4) is 0 Å². The van der Waals surface area contributed by atoms with Gasteiger partial charge in [-0.2, -0.15) is 4.31 Å². The van der Waals surface area contributed by atoms with Crippen molar-refractivity contribution in [1.82, 2.24) is 19.2 Å². The molecule has 1 saturated heterocycles. The molecule has 1 aliphatic heterocycles. The fraction of sp³-hybridized carbons (Fsp3) is 0.444. The van der Waals surface area contributed by atoms with Crippen LogP contribution in [-0.4, -0.2) is 41.3 Å². The predicted octanol–water partition coefficient (Wildman–Crippen LogP) is 1.45. The van der Waals surface area contributed by atoms with E-state index in [1.807, 2.05) is 30.3 Å². The smallest absolute Gasteiger partial charge is 0.262 e. The number of imidazole rings is 1. The summed E-state index contributed by atoms with van der Waals surface area (Å²) in [4.78, 5) is 16.5. The number of rotatable bonds is 5. The van der Waals surface area contributed by atoms with Crippen molar-refractivity contribution in [2.75, 3.05) is 13.1 Å². The van der Waals surface area contributed by atoms with Crippen LogP contribution in [0.15, 0.2) is 41.6 Å². The second kappa shape index (κ2) is 7.59. The molecule has 3 rings (SSSR count). The minimum atomic E-state index is -3.60. The number of nitrogens with one attached hydrogen (secondary N) is 1. The van der Waals surface area contributed by atoms with Gasteiger partial charge in [-0.3, -0.25) is 4.79 Å². The normalized spacial score (nSPS) is 16.5. The predicted molar refractivity (Wildman–Crippen MR) is 97.7 cm³/mol. The van der Waals surface area contributed by atoms with Crippen LogP contribution in [-0.2, 0) is 28.4 Å². The Morgan fingerprint density at radius 2 is 1.88 bits per heavy atom. The maximum atomic E-state index is 12.7. The molecule has 0 saturated carbocycles. The Labute approximate surface area is 154 Å². The lowest BCUT2D eigenvalue weighted by Gasteiger charge is -2.29. The molecule has 2 aromatic rings. The number of carbonyl (C=O) groups excluding carboxylic acids is 1. The molecule has 8 heteroatoms. The molecule has 1 aromatic heterocycles. The second-order valence-electron chi connectivity index (χ2n) is 6.62. The first kappa shape index (κ1) is 18.6. The molecule has 0 aliphatic carbocycles. The van der Waals surface area contributed by atoms with Crippen molar-refractivity contribution >= 4 is 15.9 Å². The van der Waals surface area contributed by atoms with E-state index >= 15 is 0 Å². The van der Waals surface area contributed by atoms with E-state index < -0.39 is 10.0 Å². The Kier molecular flexibility index (Phi) is 5.43. The van der Waals surface area contributed by atoms with Crippen molar-refractivity contribution in [2.45, 2.75) is 31.3 Å². The van der Waals surface area contributed by atoms with Crippen LogP contribution in [0.1, 0.15) is 24.2 Å². The van der Waals surface area contributed by atoms with Crippen LogP contribution in [0.25, 0.3) is 0 Å². The lowest BCUT2D eigenvalue weighted by Crippen LogP contribution is -2.43. The van der Waals surface area contributed by atoms with Crippen LogP contribution in [0.4, 0.5) is 0 Å². The minimum Gasteiger partial charge on any atom is -0.352 e. The zero-order valence-electron chi connectivity index (χ0n) is 15.1. The zero-order valence-corrected chi connectivity index (χ0v) is 15.9. The zero-order chi connectivity index (χ0) is 18.7. The molecule has 0 unspecified atom stereocenters. The fourth-order valence-electron chi connectivity index (χ4n) is 3.07. The molecular weight excluding hydrogens is 352 g/mol. The van der Waals surface area contributed by atoms with Gasteiger partial charge in [-0.05, 0) is 25.3 Å². The van der Waals surface area contributed by atoms with E-state index in [-0.39, 0.29) is 16.9 Å². The molecule has 1 aliphatic rings. The van der Waals surface area contributed by atoms with Gasteiger partial charge in [0.2, 0.25) is 5.91 Å². The van der Waals surface area contributed by atoms with Gasteiger partial charge in [0.25, 0.3) is 10.0 Å². The molecule has 1 amide bonds. The number of nitrogens with zero attached hydrogens (tertiary/aromatic N) is 3. The maximum absolute atomic E-state index is 12.7. The number of sulfonamides is 1. The maximum Gasteiger partial charge on any atom is 0.262 e. The van der Waals surface area contributed by atoms with Gasteiger partial charge in [-0.15, -0.1) is 0 Å². The highest BCUT2D eigenvalue weighted by molar-refractivity contribution is 7.89. The first-order valence-electron chi connectivity index (χ1n) is 8.69. The summed E-state index contributed by atoms with van der Waals surface area (Å²) >= 11 is 0. The molecule has 140 valence electrons. The Hall–Kier alpha value is -2.19. The number of aryl methyl sites for hydroxylation is 2. The Morgan fingerprint density at radius 3 is 2.46 bits per heavy atom. The molecule has 0 radical (unpaired) electrons. The standard InChI is InChI=1S/C18H24N4O3S/c1-14-20-17(13-21(14)2)26(24,25)22-10-8-16(9-11-22)18(23)19-12-15-6-4-3-5-7-15/h3-7,13,16H,8-12H2,1-2H3,(H,19,23). The molecule has 1 N–H and O–H groups in total. The first-order chi connectivity index (χ1) is 12.4. The van der Waals surface area contributed by atoms with Crippen molar-refractivity contribution < 1.29 is 13.2 Å². The lowest BCUT2D eigenvalue weighted by molar-refractivity contribution is -0.126. The van der Waals surface area contributed by atoms with Gasteiger partial charge in [0.15, 0.2) is 5.03 Å². The number of benzene rings is 1. The molecule has 2 heterocycles. The average Bonchev–Trinajstić information content (AvgIpc) is 3.00. The summed E-state index contributed by atoms with van der Waals surface area (Å²) in [6, 6.07) is 9.73. The van der Waals surface area contributed by atoms with Crippen molar-refractivity contribution in [1.29, 1.82) is 0 Å². The average molecular weight is 376 g/mol. The molecule has 26 heavy (non-hydrogen) atoms. The topological polar surface area (TPSA) is 84.3 Å². The third-order valence-corrected chi connectivity index (χ3v) is 6.60. The Balaban J connectivity index is 1.56. The molecule has 7 nitrogen and oxygen atoms in total. The molecule has 1 fully saturated rings. The molecule has 0 spiro atoms. The van der Waals surface area contributed by atoms with E-state index in [9.17, 15) is 13.2 Å². The van der Waals surface area contributed by atoms with Gasteiger partial charge in [0.05, 0.1) is 0 Å².